The van der Waals surface area contributed by atoms with Gasteiger partial charge in [0.15, 0.2) is 5.82 Å². The highest BCUT2D eigenvalue weighted by Gasteiger charge is 2.18. The summed E-state index contributed by atoms with van der Waals surface area (Å²) >= 11 is 0. The molecule has 0 aliphatic rings. The first kappa shape index (κ1) is 15.1. The van der Waals surface area contributed by atoms with Crippen molar-refractivity contribution in [1.29, 1.82) is 0 Å². The minimum atomic E-state index is 0.617. The monoisotopic (exact) mass is 335 g/mol. The van der Waals surface area contributed by atoms with Crippen molar-refractivity contribution in [3.05, 3.63) is 48.5 Å². The van der Waals surface area contributed by atoms with Crippen LogP contribution in [-0.2, 0) is 7.05 Å². The van der Waals surface area contributed by atoms with E-state index in [4.69, 9.17) is 4.74 Å². The van der Waals surface area contributed by atoms with Gasteiger partial charge in [-0.2, -0.15) is 5.10 Å². The number of fused-ring (bicyclic) bond motifs is 1. The summed E-state index contributed by atoms with van der Waals surface area (Å²) in [5, 5.41) is 15.7. The Balaban J connectivity index is 1.85. The van der Waals surface area contributed by atoms with E-state index < -0.39 is 0 Å². The largest absolute Gasteiger partial charge is 0.439 e. The topological polar surface area (TPSA) is 82.2 Å². The van der Waals surface area contributed by atoms with Crippen molar-refractivity contribution in [2.75, 3.05) is 12.4 Å². The fourth-order valence-corrected chi connectivity index (χ4v) is 2.63. The zero-order chi connectivity index (χ0) is 17.4. The molecule has 8 heteroatoms. The predicted octanol–water partition coefficient (Wildman–Crippen LogP) is 2.67. The van der Waals surface area contributed by atoms with E-state index in [0.717, 1.165) is 22.8 Å². The molecule has 25 heavy (non-hydrogen) atoms. The van der Waals surface area contributed by atoms with Gasteiger partial charge < -0.3 is 10.1 Å². The fraction of sp³-hybridized carbons (Fsp3) is 0.176. The van der Waals surface area contributed by atoms with Gasteiger partial charge in [0.2, 0.25) is 11.5 Å². The number of nitrogens with zero attached hydrogens (tertiary/aromatic N) is 6. The molecule has 0 fully saturated rings. The molecule has 0 atom stereocenters. The van der Waals surface area contributed by atoms with E-state index in [-0.39, 0.29) is 0 Å². The third kappa shape index (κ3) is 2.57. The lowest BCUT2D eigenvalue weighted by Crippen LogP contribution is -2.01. The van der Waals surface area contributed by atoms with Crippen molar-refractivity contribution < 1.29 is 4.74 Å². The summed E-state index contributed by atoms with van der Waals surface area (Å²) in [6.07, 6.45) is 3.63. The number of hydrogen-bond donors (Lipinski definition) is 1. The molecule has 0 saturated heterocycles. The van der Waals surface area contributed by atoms with Gasteiger partial charge >= 0.3 is 0 Å². The molecule has 0 aliphatic carbocycles. The molecule has 1 aromatic carbocycles. The Morgan fingerprint density at radius 3 is 2.68 bits per heavy atom. The highest BCUT2D eigenvalue weighted by atomic mass is 16.5. The number of anilines is 1. The molecule has 1 N–H and O–H groups in total. The normalized spacial score (nSPS) is 11.0. The zero-order valence-corrected chi connectivity index (χ0v) is 14.1. The Kier molecular flexibility index (Phi) is 3.57. The Bertz CT molecular complexity index is 1040. The number of hydrogen-bond acceptors (Lipinski definition) is 6. The third-order valence-electron chi connectivity index (χ3n) is 3.92. The van der Waals surface area contributed by atoms with Crippen LogP contribution in [0.15, 0.2) is 42.7 Å². The van der Waals surface area contributed by atoms with Gasteiger partial charge in [-0.15, -0.1) is 10.2 Å². The summed E-state index contributed by atoms with van der Waals surface area (Å²) in [7, 11) is 3.64. The van der Waals surface area contributed by atoms with Crippen LogP contribution in [0, 0.1) is 6.92 Å². The van der Waals surface area contributed by atoms with Gasteiger partial charge in [-0.3, -0.25) is 4.40 Å². The van der Waals surface area contributed by atoms with Gasteiger partial charge in [-0.1, -0.05) is 18.2 Å². The van der Waals surface area contributed by atoms with E-state index in [9.17, 15) is 0 Å². The lowest BCUT2D eigenvalue weighted by Gasteiger charge is -2.10. The zero-order valence-electron chi connectivity index (χ0n) is 14.1. The third-order valence-corrected chi connectivity index (χ3v) is 3.92. The number of nitrogens with one attached hydrogen (secondary N) is 1. The van der Waals surface area contributed by atoms with Crippen LogP contribution in [0.4, 0.5) is 5.82 Å². The molecule has 3 aromatic heterocycles. The summed E-state index contributed by atoms with van der Waals surface area (Å²) in [5.74, 6) is 2.78. The van der Waals surface area contributed by atoms with E-state index in [2.05, 4.69) is 25.6 Å². The van der Waals surface area contributed by atoms with E-state index in [1.54, 1.807) is 17.9 Å². The average molecular weight is 335 g/mol. The van der Waals surface area contributed by atoms with Crippen molar-refractivity contribution in [1.82, 2.24) is 29.4 Å². The number of rotatable bonds is 4. The lowest BCUT2D eigenvalue weighted by atomic mass is 10.2. The molecule has 3 heterocycles. The van der Waals surface area contributed by atoms with Crippen molar-refractivity contribution >= 4 is 11.5 Å². The van der Waals surface area contributed by atoms with E-state index >= 15 is 0 Å². The number of benzene rings is 1. The standard InChI is InChI=1S/C17H17N7O/c1-11-21-22-16-15(18-2)20-14(10-24(11)16)13-9-19-23(3)17(13)25-12-7-5-4-6-8-12/h4-10H,1-3H3,(H,18,20). The summed E-state index contributed by atoms with van der Waals surface area (Å²) < 4.78 is 9.61. The number of ether oxygens (including phenoxy) is 1. The molecule has 4 rings (SSSR count). The summed E-state index contributed by atoms with van der Waals surface area (Å²) in [5.41, 5.74) is 2.19. The van der Waals surface area contributed by atoms with Gasteiger partial charge in [0.05, 0.1) is 17.5 Å². The van der Waals surface area contributed by atoms with Crippen LogP contribution in [0.2, 0.25) is 0 Å². The maximum atomic E-state index is 6.03. The molecule has 0 aliphatic heterocycles. The molecule has 0 amide bonds. The Hall–Kier alpha value is -3.42. The summed E-state index contributed by atoms with van der Waals surface area (Å²) in [6.45, 7) is 1.90. The van der Waals surface area contributed by atoms with Crippen LogP contribution in [0.3, 0.4) is 0 Å². The molecule has 8 nitrogen and oxygen atoms in total. The summed E-state index contributed by atoms with van der Waals surface area (Å²) in [4.78, 5) is 4.65. The first-order chi connectivity index (χ1) is 12.2. The van der Waals surface area contributed by atoms with E-state index in [1.165, 1.54) is 0 Å². The quantitative estimate of drug-likeness (QED) is 0.617. The van der Waals surface area contributed by atoms with Gasteiger partial charge in [0, 0.05) is 20.3 Å². The molecule has 126 valence electrons. The van der Waals surface area contributed by atoms with Crippen LogP contribution >= 0.6 is 0 Å². The van der Waals surface area contributed by atoms with Crippen LogP contribution < -0.4 is 10.1 Å². The number of aryl methyl sites for hydroxylation is 2. The molecule has 0 bridgehead atoms. The second-order valence-corrected chi connectivity index (χ2v) is 5.57. The Morgan fingerprint density at radius 2 is 1.92 bits per heavy atom. The number of aromatic nitrogens is 6. The predicted molar refractivity (Wildman–Crippen MR) is 93.8 cm³/mol. The van der Waals surface area contributed by atoms with Gasteiger partial charge in [0.25, 0.3) is 0 Å². The number of para-hydroxylation sites is 1. The first-order valence-electron chi connectivity index (χ1n) is 7.83. The lowest BCUT2D eigenvalue weighted by molar-refractivity contribution is 0.432. The molecule has 0 spiro atoms. The molecule has 0 saturated carbocycles. The smallest absolute Gasteiger partial charge is 0.227 e. The van der Waals surface area contributed by atoms with Crippen molar-refractivity contribution in [3.8, 4) is 22.9 Å². The summed E-state index contributed by atoms with van der Waals surface area (Å²) in [6, 6.07) is 9.60. The van der Waals surface area contributed by atoms with Crippen LogP contribution in [0.1, 0.15) is 5.82 Å². The SMILES string of the molecule is CNc1nc(-c2cnn(C)c2Oc2ccccc2)cn2c(C)nnc12. The maximum Gasteiger partial charge on any atom is 0.227 e. The van der Waals surface area contributed by atoms with Crippen molar-refractivity contribution in [2.24, 2.45) is 7.05 Å². The highest BCUT2D eigenvalue weighted by molar-refractivity contribution is 5.71. The minimum absolute atomic E-state index is 0.617. The van der Waals surface area contributed by atoms with E-state index in [0.29, 0.717) is 17.3 Å². The molecule has 4 aromatic rings. The first-order valence-corrected chi connectivity index (χ1v) is 7.83. The fourth-order valence-electron chi connectivity index (χ4n) is 2.63. The molecule has 0 radical (unpaired) electrons. The van der Waals surface area contributed by atoms with Crippen LogP contribution in [0.5, 0.6) is 11.6 Å². The van der Waals surface area contributed by atoms with Crippen LogP contribution in [0.25, 0.3) is 16.9 Å². The molecular weight excluding hydrogens is 318 g/mol. The van der Waals surface area contributed by atoms with Gasteiger partial charge in [-0.05, 0) is 19.1 Å². The average Bonchev–Trinajstić information content (AvgIpc) is 3.19. The maximum absolute atomic E-state index is 6.03. The highest BCUT2D eigenvalue weighted by Crippen LogP contribution is 2.33. The van der Waals surface area contributed by atoms with Crippen molar-refractivity contribution in [3.63, 3.8) is 0 Å². The Morgan fingerprint density at radius 1 is 1.12 bits per heavy atom. The van der Waals surface area contributed by atoms with Crippen LogP contribution in [-0.4, -0.2) is 36.4 Å². The second-order valence-electron chi connectivity index (χ2n) is 5.57. The minimum Gasteiger partial charge on any atom is -0.439 e. The van der Waals surface area contributed by atoms with Gasteiger partial charge in [0.1, 0.15) is 11.6 Å². The molecule has 0 unspecified atom stereocenters. The second kappa shape index (κ2) is 5.90. The van der Waals surface area contributed by atoms with Crippen molar-refractivity contribution in [2.45, 2.75) is 6.92 Å². The molecular formula is C17H17N7O. The van der Waals surface area contributed by atoms with Gasteiger partial charge in [-0.25, -0.2) is 9.67 Å². The van der Waals surface area contributed by atoms with E-state index in [1.807, 2.05) is 54.9 Å². The Labute approximate surface area is 144 Å².